The van der Waals surface area contributed by atoms with E-state index in [1.807, 2.05) is 18.2 Å². The first-order chi connectivity index (χ1) is 8.15. The number of esters is 1. The van der Waals surface area contributed by atoms with Crippen LogP contribution in [0, 0.1) is 0 Å². The summed E-state index contributed by atoms with van der Waals surface area (Å²) in [5.74, 6) is -0.301. The smallest absolute Gasteiger partial charge is 0.325 e. The number of benzene rings is 1. The van der Waals surface area contributed by atoms with Gasteiger partial charge in [-0.1, -0.05) is 18.2 Å². The lowest BCUT2D eigenvalue weighted by Crippen LogP contribution is -2.56. The normalized spacial score (nSPS) is 18.8. The fourth-order valence-electron chi connectivity index (χ4n) is 2.21. The van der Waals surface area contributed by atoms with E-state index >= 15 is 0 Å². The SMILES string of the molecule is COC(=O)C1(N)CCN(c2ccccc2)CC1. The average molecular weight is 234 g/mol. The van der Waals surface area contributed by atoms with Crippen LogP contribution in [0.4, 0.5) is 5.69 Å². The first-order valence-corrected chi connectivity index (χ1v) is 5.83. The first kappa shape index (κ1) is 11.9. The molecule has 1 heterocycles. The van der Waals surface area contributed by atoms with Crippen LogP contribution in [-0.4, -0.2) is 31.7 Å². The Labute approximate surface area is 101 Å². The Morgan fingerprint density at radius 2 is 1.88 bits per heavy atom. The lowest BCUT2D eigenvalue weighted by atomic mass is 9.88. The van der Waals surface area contributed by atoms with Gasteiger partial charge in [-0.3, -0.25) is 4.79 Å². The summed E-state index contributed by atoms with van der Waals surface area (Å²) in [6, 6.07) is 10.2. The van der Waals surface area contributed by atoms with E-state index in [4.69, 9.17) is 10.5 Å². The van der Waals surface area contributed by atoms with E-state index in [0.29, 0.717) is 12.8 Å². The number of methoxy groups -OCH3 is 1. The Bertz CT molecular complexity index is 384. The number of ether oxygens (including phenoxy) is 1. The van der Waals surface area contributed by atoms with E-state index < -0.39 is 5.54 Å². The summed E-state index contributed by atoms with van der Waals surface area (Å²) in [5.41, 5.74) is 6.43. The van der Waals surface area contributed by atoms with Gasteiger partial charge in [0.25, 0.3) is 0 Å². The van der Waals surface area contributed by atoms with Gasteiger partial charge in [0.1, 0.15) is 5.54 Å². The topological polar surface area (TPSA) is 55.6 Å². The van der Waals surface area contributed by atoms with Crippen LogP contribution < -0.4 is 10.6 Å². The van der Waals surface area contributed by atoms with Crippen molar-refractivity contribution in [1.29, 1.82) is 0 Å². The minimum atomic E-state index is -0.806. The number of nitrogens with zero attached hydrogens (tertiary/aromatic N) is 1. The van der Waals surface area contributed by atoms with E-state index in [1.54, 1.807) is 0 Å². The molecular formula is C13H18N2O2. The zero-order chi connectivity index (χ0) is 12.3. The Morgan fingerprint density at radius 3 is 2.41 bits per heavy atom. The molecule has 17 heavy (non-hydrogen) atoms. The Morgan fingerprint density at radius 1 is 1.29 bits per heavy atom. The van der Waals surface area contributed by atoms with Gasteiger partial charge in [0.15, 0.2) is 0 Å². The van der Waals surface area contributed by atoms with Gasteiger partial charge in [-0.05, 0) is 25.0 Å². The van der Waals surface area contributed by atoms with E-state index in [9.17, 15) is 4.79 Å². The van der Waals surface area contributed by atoms with Gasteiger partial charge in [-0.25, -0.2) is 0 Å². The molecule has 0 aromatic heterocycles. The van der Waals surface area contributed by atoms with Crippen LogP contribution in [-0.2, 0) is 9.53 Å². The molecule has 1 fully saturated rings. The number of anilines is 1. The molecule has 92 valence electrons. The highest BCUT2D eigenvalue weighted by molar-refractivity contribution is 5.80. The third-order valence-corrected chi connectivity index (χ3v) is 3.37. The molecule has 1 aromatic rings. The van der Waals surface area contributed by atoms with Crippen molar-refractivity contribution < 1.29 is 9.53 Å². The molecular weight excluding hydrogens is 216 g/mol. The van der Waals surface area contributed by atoms with Crippen molar-refractivity contribution in [2.75, 3.05) is 25.1 Å². The number of hydrogen-bond acceptors (Lipinski definition) is 4. The molecule has 4 nitrogen and oxygen atoms in total. The zero-order valence-corrected chi connectivity index (χ0v) is 10.1. The van der Waals surface area contributed by atoms with Gasteiger partial charge in [0.2, 0.25) is 0 Å². The highest BCUT2D eigenvalue weighted by Gasteiger charge is 2.38. The van der Waals surface area contributed by atoms with Crippen molar-refractivity contribution in [3.63, 3.8) is 0 Å². The predicted octanol–water partition coefficient (Wildman–Crippen LogP) is 1.16. The van der Waals surface area contributed by atoms with Crippen molar-refractivity contribution in [2.24, 2.45) is 5.73 Å². The molecule has 0 saturated carbocycles. The zero-order valence-electron chi connectivity index (χ0n) is 10.1. The average Bonchev–Trinajstić information content (AvgIpc) is 2.39. The molecule has 0 radical (unpaired) electrons. The van der Waals surface area contributed by atoms with Crippen LogP contribution in [0.5, 0.6) is 0 Å². The Balaban J connectivity index is 2.01. The lowest BCUT2D eigenvalue weighted by Gasteiger charge is -2.38. The highest BCUT2D eigenvalue weighted by Crippen LogP contribution is 2.25. The Hall–Kier alpha value is -1.55. The predicted molar refractivity (Wildman–Crippen MR) is 66.8 cm³/mol. The second-order valence-electron chi connectivity index (χ2n) is 4.47. The molecule has 0 spiro atoms. The van der Waals surface area contributed by atoms with E-state index in [1.165, 1.54) is 12.8 Å². The van der Waals surface area contributed by atoms with Crippen molar-refractivity contribution in [3.05, 3.63) is 30.3 Å². The largest absolute Gasteiger partial charge is 0.468 e. The molecule has 0 amide bonds. The maximum Gasteiger partial charge on any atom is 0.325 e. The van der Waals surface area contributed by atoms with Crippen LogP contribution >= 0.6 is 0 Å². The maximum absolute atomic E-state index is 11.6. The van der Waals surface area contributed by atoms with Gasteiger partial charge < -0.3 is 15.4 Å². The number of carbonyl (C=O) groups is 1. The van der Waals surface area contributed by atoms with Gasteiger partial charge >= 0.3 is 5.97 Å². The molecule has 4 heteroatoms. The molecule has 1 aliphatic rings. The second kappa shape index (κ2) is 4.75. The number of hydrogen-bond donors (Lipinski definition) is 1. The van der Waals surface area contributed by atoms with Gasteiger partial charge in [0, 0.05) is 18.8 Å². The highest BCUT2D eigenvalue weighted by atomic mass is 16.5. The number of piperidine rings is 1. The van der Waals surface area contributed by atoms with Crippen LogP contribution in [0.1, 0.15) is 12.8 Å². The molecule has 0 atom stereocenters. The summed E-state index contributed by atoms with van der Waals surface area (Å²) in [6.45, 7) is 1.57. The Kier molecular flexibility index (Phi) is 3.33. The fourth-order valence-corrected chi connectivity index (χ4v) is 2.21. The standard InChI is InChI=1S/C13H18N2O2/c1-17-12(16)13(14)7-9-15(10-8-13)11-5-3-2-4-6-11/h2-6H,7-10,14H2,1H3. The fraction of sp³-hybridized carbons (Fsp3) is 0.462. The van der Waals surface area contributed by atoms with Gasteiger partial charge in [-0.2, -0.15) is 0 Å². The minimum absolute atomic E-state index is 0.301. The second-order valence-corrected chi connectivity index (χ2v) is 4.47. The van der Waals surface area contributed by atoms with Crippen LogP contribution in [0.15, 0.2) is 30.3 Å². The molecule has 1 aromatic carbocycles. The number of para-hydroxylation sites is 1. The van der Waals surface area contributed by atoms with Crippen LogP contribution in [0.3, 0.4) is 0 Å². The monoisotopic (exact) mass is 234 g/mol. The molecule has 0 aliphatic carbocycles. The molecule has 2 N–H and O–H groups in total. The third-order valence-electron chi connectivity index (χ3n) is 3.37. The third kappa shape index (κ3) is 2.42. The van der Waals surface area contributed by atoms with Crippen molar-refractivity contribution in [2.45, 2.75) is 18.4 Å². The van der Waals surface area contributed by atoms with Crippen LogP contribution in [0.25, 0.3) is 0 Å². The summed E-state index contributed by atoms with van der Waals surface area (Å²) < 4.78 is 4.75. The van der Waals surface area contributed by atoms with Crippen molar-refractivity contribution in [3.8, 4) is 0 Å². The van der Waals surface area contributed by atoms with E-state index in [0.717, 1.165) is 13.1 Å². The summed E-state index contributed by atoms with van der Waals surface area (Å²) >= 11 is 0. The van der Waals surface area contributed by atoms with Crippen molar-refractivity contribution >= 4 is 11.7 Å². The minimum Gasteiger partial charge on any atom is -0.468 e. The number of rotatable bonds is 2. The summed E-state index contributed by atoms with van der Waals surface area (Å²) in [5, 5.41) is 0. The summed E-state index contributed by atoms with van der Waals surface area (Å²) in [4.78, 5) is 13.8. The van der Waals surface area contributed by atoms with Gasteiger partial charge in [0.05, 0.1) is 7.11 Å². The number of nitrogens with two attached hydrogens (primary N) is 1. The van der Waals surface area contributed by atoms with Crippen LogP contribution in [0.2, 0.25) is 0 Å². The van der Waals surface area contributed by atoms with Gasteiger partial charge in [-0.15, -0.1) is 0 Å². The van der Waals surface area contributed by atoms with Crippen molar-refractivity contribution in [1.82, 2.24) is 0 Å². The van der Waals surface area contributed by atoms with E-state index in [-0.39, 0.29) is 5.97 Å². The quantitative estimate of drug-likeness (QED) is 0.780. The maximum atomic E-state index is 11.6. The lowest BCUT2D eigenvalue weighted by molar-refractivity contribution is -0.147. The van der Waals surface area contributed by atoms with E-state index in [2.05, 4.69) is 17.0 Å². The molecule has 0 bridgehead atoms. The molecule has 0 unspecified atom stereocenters. The molecule has 1 aliphatic heterocycles. The molecule has 2 rings (SSSR count). The summed E-state index contributed by atoms with van der Waals surface area (Å²) in [6.07, 6.45) is 1.27. The summed E-state index contributed by atoms with van der Waals surface area (Å²) in [7, 11) is 1.39. The number of carbonyl (C=O) groups excluding carboxylic acids is 1. The molecule has 1 saturated heterocycles. The first-order valence-electron chi connectivity index (χ1n) is 5.83.